The first kappa shape index (κ1) is 23.3. The van der Waals surface area contributed by atoms with Crippen molar-refractivity contribution >= 4 is 17.5 Å². The number of hydrogen-bond donors (Lipinski definition) is 2. The van der Waals surface area contributed by atoms with Crippen LogP contribution in [-0.4, -0.2) is 19.7 Å². The first-order valence-corrected chi connectivity index (χ1v) is 9.06. The molecule has 0 saturated heterocycles. The van der Waals surface area contributed by atoms with E-state index < -0.39 is 17.8 Å². The fraction of sp³-hybridized carbons (Fsp3) is 0.381. The van der Waals surface area contributed by atoms with Gasteiger partial charge in [-0.3, -0.25) is 5.32 Å². The maximum atomic E-state index is 12.8. The third-order valence-electron chi connectivity index (χ3n) is 3.75. The summed E-state index contributed by atoms with van der Waals surface area (Å²) in [5.41, 5.74) is 0.470. The molecule has 0 fully saturated rings. The number of nitrogens with one attached hydrogen (secondary N) is 2. The average molecular weight is 396 g/mol. The maximum Gasteiger partial charge on any atom is 0.418 e. The molecule has 0 bridgehead atoms. The molecule has 2 N–H and O–H groups in total. The molecule has 1 amide bonds. The van der Waals surface area contributed by atoms with Crippen LogP contribution in [0.4, 0.5) is 29.3 Å². The highest BCUT2D eigenvalue weighted by Crippen LogP contribution is 2.36. The second-order valence-corrected chi connectivity index (χ2v) is 6.33. The molecule has 28 heavy (non-hydrogen) atoms. The van der Waals surface area contributed by atoms with Crippen molar-refractivity contribution in [3.63, 3.8) is 0 Å². The van der Waals surface area contributed by atoms with E-state index in [4.69, 9.17) is 0 Å². The molecule has 2 rings (SSSR count). The lowest BCUT2D eigenvalue weighted by atomic mass is 10.0. The molecular formula is C21H27F3N2O2. The van der Waals surface area contributed by atoms with Crippen LogP contribution < -0.4 is 10.6 Å². The summed E-state index contributed by atoms with van der Waals surface area (Å²) >= 11 is 0. The Morgan fingerprint density at radius 3 is 2.21 bits per heavy atom. The van der Waals surface area contributed by atoms with E-state index in [0.29, 0.717) is 18.0 Å². The van der Waals surface area contributed by atoms with Gasteiger partial charge in [-0.2, -0.15) is 13.2 Å². The third-order valence-corrected chi connectivity index (χ3v) is 3.75. The average Bonchev–Trinajstić information content (AvgIpc) is 2.67. The van der Waals surface area contributed by atoms with Crippen molar-refractivity contribution in [1.82, 2.24) is 0 Å². The normalized spacial score (nSPS) is 10.7. The standard InChI is InChI=1S/C12H15F3N2O2.C9H12/c1-3-6-19-11(18)17-10-5-4-8(16-2)7-9(10)12(13,14)15;1-8(2)9-6-4-3-5-7-9/h4-5,7,16H,3,6H2,1-2H3,(H,17,18);3-8H,1-2H3. The summed E-state index contributed by atoms with van der Waals surface area (Å²) in [7, 11) is 1.51. The van der Waals surface area contributed by atoms with Crippen LogP contribution in [0, 0.1) is 0 Å². The fourth-order valence-electron chi connectivity index (χ4n) is 2.22. The number of carbonyl (C=O) groups is 1. The predicted octanol–water partition coefficient (Wildman–Crippen LogP) is 6.52. The molecule has 0 aromatic heterocycles. The van der Waals surface area contributed by atoms with Crippen LogP contribution >= 0.6 is 0 Å². The fourth-order valence-corrected chi connectivity index (χ4v) is 2.22. The van der Waals surface area contributed by atoms with E-state index in [1.165, 1.54) is 24.7 Å². The minimum Gasteiger partial charge on any atom is -0.449 e. The summed E-state index contributed by atoms with van der Waals surface area (Å²) in [6, 6.07) is 14.1. The van der Waals surface area contributed by atoms with Gasteiger partial charge in [0.1, 0.15) is 0 Å². The van der Waals surface area contributed by atoms with Crippen LogP contribution in [0.5, 0.6) is 0 Å². The van der Waals surface area contributed by atoms with Gasteiger partial charge in [0.05, 0.1) is 17.9 Å². The van der Waals surface area contributed by atoms with Crippen LogP contribution in [0.1, 0.15) is 44.2 Å². The summed E-state index contributed by atoms with van der Waals surface area (Å²) in [5, 5.41) is 4.70. The van der Waals surface area contributed by atoms with Gasteiger partial charge in [-0.05, 0) is 36.1 Å². The Balaban J connectivity index is 0.000000362. The molecule has 0 heterocycles. The van der Waals surface area contributed by atoms with Gasteiger partial charge < -0.3 is 10.1 Å². The summed E-state index contributed by atoms with van der Waals surface area (Å²) in [4.78, 5) is 11.3. The second kappa shape index (κ2) is 11.2. The number of hydrogen-bond acceptors (Lipinski definition) is 3. The van der Waals surface area contributed by atoms with Crippen LogP contribution in [-0.2, 0) is 10.9 Å². The van der Waals surface area contributed by atoms with Crippen molar-refractivity contribution in [2.75, 3.05) is 24.3 Å². The molecule has 2 aromatic carbocycles. The Labute approximate surface area is 164 Å². The van der Waals surface area contributed by atoms with E-state index in [-0.39, 0.29) is 12.3 Å². The molecule has 0 saturated carbocycles. The van der Waals surface area contributed by atoms with Crippen LogP contribution in [0.3, 0.4) is 0 Å². The van der Waals surface area contributed by atoms with E-state index in [9.17, 15) is 18.0 Å². The highest BCUT2D eigenvalue weighted by Gasteiger charge is 2.34. The molecule has 0 aliphatic heterocycles. The topological polar surface area (TPSA) is 50.4 Å². The van der Waals surface area contributed by atoms with E-state index in [1.54, 1.807) is 6.92 Å². The smallest absolute Gasteiger partial charge is 0.418 e. The zero-order valence-electron chi connectivity index (χ0n) is 16.6. The van der Waals surface area contributed by atoms with Gasteiger partial charge in [-0.15, -0.1) is 0 Å². The lowest BCUT2D eigenvalue weighted by Gasteiger charge is -2.15. The lowest BCUT2D eigenvalue weighted by molar-refractivity contribution is -0.136. The zero-order valence-corrected chi connectivity index (χ0v) is 16.6. The van der Waals surface area contributed by atoms with Crippen molar-refractivity contribution in [3.8, 4) is 0 Å². The van der Waals surface area contributed by atoms with Crippen LogP contribution in [0.2, 0.25) is 0 Å². The monoisotopic (exact) mass is 396 g/mol. The number of ether oxygens (including phenoxy) is 1. The van der Waals surface area contributed by atoms with E-state index in [1.807, 2.05) is 6.07 Å². The molecule has 0 atom stereocenters. The van der Waals surface area contributed by atoms with Crippen molar-refractivity contribution < 1.29 is 22.7 Å². The van der Waals surface area contributed by atoms with Gasteiger partial charge in [-0.25, -0.2) is 4.79 Å². The Bertz CT molecular complexity index is 732. The van der Waals surface area contributed by atoms with Gasteiger partial charge in [-0.1, -0.05) is 51.1 Å². The Morgan fingerprint density at radius 1 is 1.11 bits per heavy atom. The quantitative estimate of drug-likeness (QED) is 0.605. The highest BCUT2D eigenvalue weighted by molar-refractivity contribution is 5.86. The molecule has 7 heteroatoms. The van der Waals surface area contributed by atoms with E-state index in [2.05, 4.69) is 53.5 Å². The van der Waals surface area contributed by atoms with E-state index in [0.717, 1.165) is 6.07 Å². The molecule has 154 valence electrons. The summed E-state index contributed by atoms with van der Waals surface area (Å²) < 4.78 is 43.2. The van der Waals surface area contributed by atoms with Crippen LogP contribution in [0.15, 0.2) is 48.5 Å². The van der Waals surface area contributed by atoms with Crippen molar-refractivity contribution in [2.24, 2.45) is 0 Å². The molecule has 4 nitrogen and oxygen atoms in total. The molecule has 0 radical (unpaired) electrons. The van der Waals surface area contributed by atoms with Gasteiger partial charge in [0.15, 0.2) is 0 Å². The molecule has 2 aromatic rings. The molecular weight excluding hydrogens is 369 g/mol. The predicted molar refractivity (Wildman–Crippen MR) is 107 cm³/mol. The third kappa shape index (κ3) is 7.90. The minimum atomic E-state index is -4.56. The zero-order chi connectivity index (χ0) is 21.2. The number of halogens is 3. The summed E-state index contributed by atoms with van der Waals surface area (Å²) in [5.74, 6) is 0.659. The van der Waals surface area contributed by atoms with E-state index >= 15 is 0 Å². The largest absolute Gasteiger partial charge is 0.449 e. The second-order valence-electron chi connectivity index (χ2n) is 6.33. The first-order chi connectivity index (χ1) is 13.2. The Kier molecular flexibility index (Phi) is 9.35. The van der Waals surface area contributed by atoms with Gasteiger partial charge in [0.2, 0.25) is 0 Å². The number of alkyl halides is 3. The van der Waals surface area contributed by atoms with Crippen molar-refractivity contribution in [3.05, 3.63) is 59.7 Å². The first-order valence-electron chi connectivity index (χ1n) is 9.06. The molecule has 0 aliphatic carbocycles. The number of benzene rings is 2. The highest BCUT2D eigenvalue weighted by atomic mass is 19.4. The minimum absolute atomic E-state index is 0.155. The number of anilines is 2. The Morgan fingerprint density at radius 2 is 1.75 bits per heavy atom. The van der Waals surface area contributed by atoms with Crippen LogP contribution in [0.25, 0.3) is 0 Å². The number of rotatable bonds is 5. The Hall–Kier alpha value is -2.70. The van der Waals surface area contributed by atoms with Gasteiger partial charge in [0, 0.05) is 12.7 Å². The molecule has 0 unspecified atom stereocenters. The van der Waals surface area contributed by atoms with Gasteiger partial charge in [0.25, 0.3) is 0 Å². The summed E-state index contributed by atoms with van der Waals surface area (Å²) in [6.07, 6.45) is -4.86. The SMILES string of the molecule is CC(C)c1ccccc1.CCCOC(=O)Nc1ccc(NC)cc1C(F)(F)F. The lowest BCUT2D eigenvalue weighted by Crippen LogP contribution is -2.18. The van der Waals surface area contributed by atoms with Crippen molar-refractivity contribution in [1.29, 1.82) is 0 Å². The number of amides is 1. The van der Waals surface area contributed by atoms with Crippen molar-refractivity contribution in [2.45, 2.75) is 39.3 Å². The summed E-state index contributed by atoms with van der Waals surface area (Å²) in [6.45, 7) is 6.35. The number of carbonyl (C=O) groups excluding carboxylic acids is 1. The molecule has 0 aliphatic rings. The van der Waals surface area contributed by atoms with Gasteiger partial charge >= 0.3 is 12.3 Å². The molecule has 0 spiro atoms. The maximum absolute atomic E-state index is 12.8.